The fourth-order valence-electron chi connectivity index (χ4n) is 1.39. The summed E-state index contributed by atoms with van der Waals surface area (Å²) in [6, 6.07) is 3.75. The second kappa shape index (κ2) is 3.94. The summed E-state index contributed by atoms with van der Waals surface area (Å²) < 4.78 is 11.5. The Hall–Kier alpha value is -1.49. The van der Waals surface area contributed by atoms with Crippen LogP contribution in [0.1, 0.15) is 0 Å². The summed E-state index contributed by atoms with van der Waals surface area (Å²) in [5, 5.41) is 3.87. The predicted octanol–water partition coefficient (Wildman–Crippen LogP) is 2.36. The zero-order valence-electron chi connectivity index (χ0n) is 8.83. The molecular weight excluding hydrogens is 212 g/mol. The third-order valence-electron chi connectivity index (χ3n) is 2.12. The van der Waals surface area contributed by atoms with Gasteiger partial charge in [-0.1, -0.05) is 11.3 Å². The maximum Gasteiger partial charge on any atom is 0.183 e. The Bertz CT molecular complexity index is 440. The average Bonchev–Trinajstić information content (AvgIpc) is 2.71. The highest BCUT2D eigenvalue weighted by Crippen LogP contribution is 2.38. The minimum atomic E-state index is 0.767. The van der Waals surface area contributed by atoms with Crippen molar-refractivity contribution >= 4 is 26.7 Å². The third-order valence-corrected chi connectivity index (χ3v) is 3.21. The van der Waals surface area contributed by atoms with Crippen molar-refractivity contribution in [1.82, 2.24) is 4.98 Å². The van der Waals surface area contributed by atoms with Crippen LogP contribution in [-0.4, -0.2) is 26.3 Å². The number of hydrogen-bond acceptors (Lipinski definition) is 5. The monoisotopic (exact) mass is 224 g/mol. The van der Waals surface area contributed by atoms with Crippen molar-refractivity contribution in [2.75, 3.05) is 26.6 Å². The molecule has 0 saturated heterocycles. The Morgan fingerprint density at radius 1 is 1.20 bits per heavy atom. The molecule has 2 aromatic rings. The maximum atomic E-state index is 5.27. The molecule has 0 saturated carbocycles. The molecule has 15 heavy (non-hydrogen) atoms. The number of anilines is 1. The number of aromatic nitrogens is 1. The minimum Gasteiger partial charge on any atom is -0.495 e. The lowest BCUT2D eigenvalue weighted by atomic mass is 10.3. The fraction of sp³-hybridized carbons (Fsp3) is 0.300. The lowest BCUT2D eigenvalue weighted by molar-refractivity contribution is 0.410. The molecule has 1 aromatic heterocycles. The van der Waals surface area contributed by atoms with E-state index in [2.05, 4.69) is 10.3 Å². The zero-order valence-corrected chi connectivity index (χ0v) is 9.64. The Kier molecular flexibility index (Phi) is 2.64. The summed E-state index contributed by atoms with van der Waals surface area (Å²) in [6.07, 6.45) is 0. The van der Waals surface area contributed by atoms with E-state index in [0.717, 1.165) is 26.8 Å². The van der Waals surface area contributed by atoms with E-state index in [9.17, 15) is 0 Å². The number of nitrogens with one attached hydrogen (secondary N) is 1. The van der Waals surface area contributed by atoms with Crippen molar-refractivity contribution in [2.45, 2.75) is 0 Å². The second-order valence-corrected chi connectivity index (χ2v) is 3.92. The van der Waals surface area contributed by atoms with Crippen molar-refractivity contribution in [3.8, 4) is 11.5 Å². The Labute approximate surface area is 91.8 Å². The van der Waals surface area contributed by atoms with E-state index in [0.29, 0.717) is 0 Å². The number of fused-ring (bicyclic) bond motifs is 1. The van der Waals surface area contributed by atoms with Crippen LogP contribution in [0.5, 0.6) is 11.5 Å². The third kappa shape index (κ3) is 1.59. The number of thiazole rings is 1. The largest absolute Gasteiger partial charge is 0.495 e. The summed E-state index contributed by atoms with van der Waals surface area (Å²) in [5.74, 6) is 1.59. The molecule has 0 amide bonds. The van der Waals surface area contributed by atoms with Crippen LogP contribution in [0.3, 0.4) is 0 Å². The second-order valence-electron chi connectivity index (χ2n) is 2.92. The van der Waals surface area contributed by atoms with Gasteiger partial charge in [-0.05, 0) is 12.1 Å². The Balaban J connectivity index is 2.71. The van der Waals surface area contributed by atoms with Crippen LogP contribution in [0.15, 0.2) is 12.1 Å². The van der Waals surface area contributed by atoms with E-state index in [1.54, 1.807) is 25.6 Å². The van der Waals surface area contributed by atoms with Gasteiger partial charge in [-0.2, -0.15) is 0 Å². The molecule has 5 heteroatoms. The SMILES string of the molecule is CNc1nc2c(OC)ccc(OC)c2s1. The number of ether oxygens (including phenoxy) is 2. The molecule has 0 bridgehead atoms. The first-order chi connectivity index (χ1) is 7.30. The van der Waals surface area contributed by atoms with E-state index < -0.39 is 0 Å². The lowest BCUT2D eigenvalue weighted by Crippen LogP contribution is -1.88. The molecule has 1 aromatic carbocycles. The number of benzene rings is 1. The van der Waals surface area contributed by atoms with Gasteiger partial charge in [0.05, 0.1) is 14.2 Å². The minimum absolute atomic E-state index is 0.767. The van der Waals surface area contributed by atoms with Crippen molar-refractivity contribution in [1.29, 1.82) is 0 Å². The van der Waals surface area contributed by atoms with E-state index in [4.69, 9.17) is 9.47 Å². The van der Waals surface area contributed by atoms with Gasteiger partial charge in [-0.25, -0.2) is 4.98 Å². The van der Waals surface area contributed by atoms with Gasteiger partial charge in [0, 0.05) is 7.05 Å². The standard InChI is InChI=1S/C10H12N2O2S/c1-11-10-12-8-6(13-2)4-5-7(14-3)9(8)15-10/h4-5H,1-3H3,(H,11,12). The van der Waals surface area contributed by atoms with Crippen LogP contribution >= 0.6 is 11.3 Å². The first-order valence-corrected chi connectivity index (χ1v) is 5.31. The Morgan fingerprint density at radius 3 is 2.47 bits per heavy atom. The molecule has 80 valence electrons. The summed E-state index contributed by atoms with van der Waals surface area (Å²) in [5.41, 5.74) is 0.839. The van der Waals surface area contributed by atoms with Crippen molar-refractivity contribution in [3.05, 3.63) is 12.1 Å². The molecule has 0 unspecified atom stereocenters. The van der Waals surface area contributed by atoms with Gasteiger partial charge in [0.2, 0.25) is 0 Å². The topological polar surface area (TPSA) is 43.4 Å². The van der Waals surface area contributed by atoms with Crippen LogP contribution in [0, 0.1) is 0 Å². The summed E-state index contributed by atoms with van der Waals surface area (Å²) >= 11 is 1.55. The Morgan fingerprint density at radius 2 is 1.87 bits per heavy atom. The van der Waals surface area contributed by atoms with E-state index in [-0.39, 0.29) is 0 Å². The van der Waals surface area contributed by atoms with Gasteiger partial charge in [-0.15, -0.1) is 0 Å². The molecule has 0 radical (unpaired) electrons. The first kappa shape index (κ1) is 10.0. The number of rotatable bonds is 3. The summed E-state index contributed by atoms with van der Waals surface area (Å²) in [6.45, 7) is 0. The molecule has 0 aliphatic carbocycles. The molecule has 0 aliphatic heterocycles. The smallest absolute Gasteiger partial charge is 0.183 e. The highest BCUT2D eigenvalue weighted by atomic mass is 32.1. The molecule has 0 spiro atoms. The van der Waals surface area contributed by atoms with Gasteiger partial charge in [-0.3, -0.25) is 0 Å². The summed E-state index contributed by atoms with van der Waals surface area (Å²) in [4.78, 5) is 4.41. The molecule has 4 nitrogen and oxygen atoms in total. The quantitative estimate of drug-likeness (QED) is 0.869. The van der Waals surface area contributed by atoms with Gasteiger partial charge in [0.25, 0.3) is 0 Å². The lowest BCUT2D eigenvalue weighted by Gasteiger charge is -2.03. The van der Waals surface area contributed by atoms with Crippen molar-refractivity contribution in [2.24, 2.45) is 0 Å². The molecule has 1 heterocycles. The van der Waals surface area contributed by atoms with Crippen LogP contribution in [-0.2, 0) is 0 Å². The van der Waals surface area contributed by atoms with Gasteiger partial charge < -0.3 is 14.8 Å². The van der Waals surface area contributed by atoms with Crippen LogP contribution < -0.4 is 14.8 Å². The molecule has 1 N–H and O–H groups in total. The molecule has 0 aliphatic rings. The van der Waals surface area contributed by atoms with E-state index in [1.807, 2.05) is 19.2 Å². The number of hydrogen-bond donors (Lipinski definition) is 1. The van der Waals surface area contributed by atoms with Crippen LogP contribution in [0.4, 0.5) is 5.13 Å². The summed E-state index contributed by atoms with van der Waals surface area (Å²) in [7, 11) is 5.14. The highest BCUT2D eigenvalue weighted by Gasteiger charge is 2.12. The van der Waals surface area contributed by atoms with Crippen molar-refractivity contribution < 1.29 is 9.47 Å². The van der Waals surface area contributed by atoms with Gasteiger partial charge >= 0.3 is 0 Å². The van der Waals surface area contributed by atoms with E-state index in [1.165, 1.54) is 0 Å². The number of nitrogens with zero attached hydrogens (tertiary/aromatic N) is 1. The van der Waals surface area contributed by atoms with Gasteiger partial charge in [0.15, 0.2) is 5.13 Å². The average molecular weight is 224 g/mol. The number of methoxy groups -OCH3 is 2. The maximum absolute atomic E-state index is 5.27. The first-order valence-electron chi connectivity index (χ1n) is 4.49. The van der Waals surface area contributed by atoms with E-state index >= 15 is 0 Å². The molecule has 2 rings (SSSR count). The fourth-order valence-corrected chi connectivity index (χ4v) is 2.32. The van der Waals surface area contributed by atoms with Gasteiger partial charge in [0.1, 0.15) is 21.7 Å². The zero-order chi connectivity index (χ0) is 10.8. The molecular formula is C10H12N2O2S. The molecule has 0 atom stereocenters. The molecule has 0 fully saturated rings. The highest BCUT2D eigenvalue weighted by molar-refractivity contribution is 7.22. The normalized spacial score (nSPS) is 10.3. The van der Waals surface area contributed by atoms with Crippen LogP contribution in [0.2, 0.25) is 0 Å². The predicted molar refractivity (Wildman–Crippen MR) is 62.3 cm³/mol. The van der Waals surface area contributed by atoms with Crippen LogP contribution in [0.25, 0.3) is 10.2 Å². The van der Waals surface area contributed by atoms with Crippen molar-refractivity contribution in [3.63, 3.8) is 0 Å².